The Bertz CT molecular complexity index is 152. The molecule has 0 bridgehead atoms. The molecule has 0 aliphatic carbocycles. The van der Waals surface area contributed by atoms with Gasteiger partial charge in [0.1, 0.15) is 0 Å². The van der Waals surface area contributed by atoms with Gasteiger partial charge in [-0.1, -0.05) is 26.7 Å². The summed E-state index contributed by atoms with van der Waals surface area (Å²) < 4.78 is 0. The highest BCUT2D eigenvalue weighted by Crippen LogP contribution is 2.20. The second-order valence-corrected chi connectivity index (χ2v) is 3.72. The molecule has 0 radical (unpaired) electrons. The van der Waals surface area contributed by atoms with Crippen molar-refractivity contribution in [2.75, 3.05) is 0 Å². The smallest absolute Gasteiger partial charge is 0.220 e. The maximum absolute atomic E-state index is 10.9. The molecule has 1 rings (SSSR count). The highest BCUT2D eigenvalue weighted by Gasteiger charge is 2.22. The van der Waals surface area contributed by atoms with Crippen LogP contribution in [0.2, 0.25) is 0 Å². The summed E-state index contributed by atoms with van der Waals surface area (Å²) in [6, 6.07) is 0.474. The van der Waals surface area contributed by atoms with Crippen LogP contribution in [0.4, 0.5) is 0 Å². The van der Waals surface area contributed by atoms with E-state index in [2.05, 4.69) is 19.2 Å². The topological polar surface area (TPSA) is 29.1 Å². The minimum atomic E-state index is 0.242. The zero-order valence-corrected chi connectivity index (χ0v) is 8.10. The van der Waals surface area contributed by atoms with Crippen molar-refractivity contribution < 1.29 is 4.79 Å². The van der Waals surface area contributed by atoms with Gasteiger partial charge in [0.2, 0.25) is 5.91 Å². The van der Waals surface area contributed by atoms with Gasteiger partial charge in [0.15, 0.2) is 0 Å². The zero-order chi connectivity index (χ0) is 8.97. The van der Waals surface area contributed by atoms with Crippen LogP contribution in [0.25, 0.3) is 0 Å². The summed E-state index contributed by atoms with van der Waals surface area (Å²) >= 11 is 0. The van der Waals surface area contributed by atoms with Crippen LogP contribution in [-0.4, -0.2) is 11.9 Å². The molecule has 1 N–H and O–H groups in total. The summed E-state index contributed by atoms with van der Waals surface area (Å²) in [6.07, 6.45) is 5.45. The van der Waals surface area contributed by atoms with Gasteiger partial charge in [0.05, 0.1) is 0 Å². The van der Waals surface area contributed by atoms with E-state index in [4.69, 9.17) is 0 Å². The number of hydrogen-bond donors (Lipinski definition) is 1. The van der Waals surface area contributed by atoms with Crippen LogP contribution < -0.4 is 5.32 Å². The van der Waals surface area contributed by atoms with Gasteiger partial charge in [0.25, 0.3) is 0 Å². The molecule has 12 heavy (non-hydrogen) atoms. The number of rotatable bonds is 4. The first-order valence-corrected chi connectivity index (χ1v) is 5.05. The van der Waals surface area contributed by atoms with Gasteiger partial charge in [0, 0.05) is 12.5 Å². The maximum atomic E-state index is 10.9. The van der Waals surface area contributed by atoms with Gasteiger partial charge in [-0.3, -0.25) is 4.79 Å². The number of hydrogen-bond acceptors (Lipinski definition) is 1. The molecule has 2 nitrogen and oxygen atoms in total. The summed E-state index contributed by atoms with van der Waals surface area (Å²) in [7, 11) is 0. The van der Waals surface area contributed by atoms with Crippen LogP contribution in [0.5, 0.6) is 0 Å². The van der Waals surface area contributed by atoms with Crippen molar-refractivity contribution in [2.45, 2.75) is 52.0 Å². The number of amides is 1. The molecule has 0 aromatic heterocycles. The van der Waals surface area contributed by atoms with Gasteiger partial charge in [-0.25, -0.2) is 0 Å². The number of carbonyl (C=O) groups is 1. The Hall–Kier alpha value is -0.530. The summed E-state index contributed by atoms with van der Waals surface area (Å²) in [6.45, 7) is 4.45. The molecule has 1 amide bonds. The van der Waals surface area contributed by atoms with Crippen LogP contribution in [0.15, 0.2) is 0 Å². The molecule has 0 aromatic carbocycles. The summed E-state index contributed by atoms with van der Waals surface area (Å²) in [5.74, 6) is 1.04. The fourth-order valence-corrected chi connectivity index (χ4v) is 1.88. The van der Waals surface area contributed by atoms with Crippen molar-refractivity contribution in [3.63, 3.8) is 0 Å². The van der Waals surface area contributed by atoms with Crippen LogP contribution in [-0.2, 0) is 4.79 Å². The molecule has 1 saturated heterocycles. The molecule has 0 saturated carbocycles. The fraction of sp³-hybridized carbons (Fsp3) is 0.900. The molecule has 0 spiro atoms. The van der Waals surface area contributed by atoms with Crippen LogP contribution in [0, 0.1) is 5.92 Å². The van der Waals surface area contributed by atoms with E-state index in [9.17, 15) is 4.79 Å². The first-order valence-electron chi connectivity index (χ1n) is 5.05. The van der Waals surface area contributed by atoms with E-state index in [1.54, 1.807) is 0 Å². The Morgan fingerprint density at radius 3 is 2.58 bits per heavy atom. The fourth-order valence-electron chi connectivity index (χ4n) is 1.88. The third-order valence-corrected chi connectivity index (χ3v) is 2.86. The molecule has 1 aliphatic rings. The Kier molecular flexibility index (Phi) is 3.57. The van der Waals surface area contributed by atoms with E-state index in [1.807, 2.05) is 0 Å². The van der Waals surface area contributed by atoms with Crippen molar-refractivity contribution in [2.24, 2.45) is 5.92 Å². The Labute approximate surface area is 74.7 Å². The highest BCUT2D eigenvalue weighted by molar-refractivity contribution is 5.78. The van der Waals surface area contributed by atoms with Crippen LogP contribution >= 0.6 is 0 Å². The van der Waals surface area contributed by atoms with Crippen molar-refractivity contribution in [1.82, 2.24) is 5.32 Å². The lowest BCUT2D eigenvalue weighted by atomic mass is 9.94. The van der Waals surface area contributed by atoms with E-state index in [1.165, 1.54) is 19.3 Å². The summed E-state index contributed by atoms with van der Waals surface area (Å²) in [5, 5.41) is 3.01. The van der Waals surface area contributed by atoms with Gasteiger partial charge < -0.3 is 5.32 Å². The van der Waals surface area contributed by atoms with Gasteiger partial charge in [-0.15, -0.1) is 0 Å². The predicted molar refractivity (Wildman–Crippen MR) is 49.9 cm³/mol. The average Bonchev–Trinajstić information content (AvgIpc) is 2.47. The molecule has 2 heteroatoms. The molecule has 1 aliphatic heterocycles. The first-order chi connectivity index (χ1) is 5.76. The van der Waals surface area contributed by atoms with E-state index >= 15 is 0 Å². The average molecular weight is 169 g/mol. The molecule has 0 aromatic rings. The Morgan fingerprint density at radius 2 is 2.17 bits per heavy atom. The molecular formula is C10H19NO. The molecule has 70 valence electrons. The Morgan fingerprint density at radius 1 is 1.50 bits per heavy atom. The van der Waals surface area contributed by atoms with E-state index in [-0.39, 0.29) is 5.91 Å². The van der Waals surface area contributed by atoms with Crippen LogP contribution in [0.3, 0.4) is 0 Å². The van der Waals surface area contributed by atoms with Crippen molar-refractivity contribution in [3.8, 4) is 0 Å². The Balaban J connectivity index is 2.26. The van der Waals surface area contributed by atoms with Crippen molar-refractivity contribution in [1.29, 1.82) is 0 Å². The summed E-state index contributed by atoms with van der Waals surface area (Å²) in [4.78, 5) is 10.9. The lowest BCUT2D eigenvalue weighted by molar-refractivity contribution is -0.119. The van der Waals surface area contributed by atoms with E-state index in [0.29, 0.717) is 6.04 Å². The second-order valence-electron chi connectivity index (χ2n) is 3.72. The largest absolute Gasteiger partial charge is 0.353 e. The number of nitrogens with one attached hydrogen (secondary N) is 1. The summed E-state index contributed by atoms with van der Waals surface area (Å²) in [5.41, 5.74) is 0. The minimum absolute atomic E-state index is 0.242. The quantitative estimate of drug-likeness (QED) is 0.686. The molecule has 1 atom stereocenters. The molecule has 1 fully saturated rings. The van der Waals surface area contributed by atoms with E-state index < -0.39 is 0 Å². The third-order valence-electron chi connectivity index (χ3n) is 2.86. The molecule has 1 unspecified atom stereocenters. The van der Waals surface area contributed by atoms with Gasteiger partial charge in [-0.05, 0) is 18.8 Å². The zero-order valence-electron chi connectivity index (χ0n) is 8.10. The molecule has 1 heterocycles. The van der Waals surface area contributed by atoms with Crippen LogP contribution in [0.1, 0.15) is 46.0 Å². The first kappa shape index (κ1) is 9.56. The van der Waals surface area contributed by atoms with Crippen molar-refractivity contribution in [3.05, 3.63) is 0 Å². The normalized spacial score (nSPS) is 23.2. The molecular weight excluding hydrogens is 150 g/mol. The maximum Gasteiger partial charge on any atom is 0.220 e. The predicted octanol–water partition coefficient (Wildman–Crippen LogP) is 2.09. The van der Waals surface area contributed by atoms with E-state index in [0.717, 1.165) is 18.8 Å². The monoisotopic (exact) mass is 169 g/mol. The standard InChI is InChI=1S/C10H19NO/c1-3-8(4-2)7-9-5-6-10(12)11-9/h8-9H,3-7H2,1-2H3,(H,11,12). The second kappa shape index (κ2) is 4.48. The number of carbonyl (C=O) groups excluding carboxylic acids is 1. The third kappa shape index (κ3) is 2.50. The lowest BCUT2D eigenvalue weighted by Crippen LogP contribution is -2.27. The minimum Gasteiger partial charge on any atom is -0.353 e. The van der Waals surface area contributed by atoms with Gasteiger partial charge >= 0.3 is 0 Å². The van der Waals surface area contributed by atoms with Gasteiger partial charge in [-0.2, -0.15) is 0 Å². The SMILES string of the molecule is CCC(CC)CC1CCC(=O)N1. The van der Waals surface area contributed by atoms with Crippen molar-refractivity contribution >= 4 is 5.91 Å². The highest BCUT2D eigenvalue weighted by atomic mass is 16.1. The lowest BCUT2D eigenvalue weighted by Gasteiger charge is -2.16.